The smallest absolute Gasteiger partial charge is 0.267 e. The Hall–Kier alpha value is -2.44. The molecule has 1 aromatic heterocycles. The number of amides is 2. The Balaban J connectivity index is 2.17. The van der Waals surface area contributed by atoms with E-state index < -0.39 is 5.91 Å². The molecule has 0 aliphatic heterocycles. The highest BCUT2D eigenvalue weighted by atomic mass is 32.1. The van der Waals surface area contributed by atoms with Gasteiger partial charge < -0.3 is 15.7 Å². The summed E-state index contributed by atoms with van der Waals surface area (Å²) in [5.74, 6) is -0.797. The second-order valence-electron chi connectivity index (χ2n) is 4.37. The van der Waals surface area contributed by atoms with Gasteiger partial charge in [-0.1, -0.05) is 24.3 Å². The Morgan fingerprint density at radius 3 is 2.55 bits per heavy atom. The van der Waals surface area contributed by atoms with Crippen LogP contribution in [0.3, 0.4) is 0 Å². The zero-order valence-electron chi connectivity index (χ0n) is 11.8. The van der Waals surface area contributed by atoms with Crippen LogP contribution in [-0.2, 0) is 4.79 Å². The van der Waals surface area contributed by atoms with Crippen molar-refractivity contribution in [3.05, 3.63) is 64.0 Å². The van der Waals surface area contributed by atoms with Gasteiger partial charge in [0.2, 0.25) is 0 Å². The van der Waals surface area contributed by atoms with Crippen LogP contribution >= 0.6 is 11.3 Å². The molecule has 2 rings (SSSR count). The van der Waals surface area contributed by atoms with Gasteiger partial charge in [0.1, 0.15) is 5.70 Å². The molecule has 0 atom stereocenters. The topological polar surface area (TPSA) is 78.4 Å². The largest absolute Gasteiger partial charge is 0.395 e. The van der Waals surface area contributed by atoms with Gasteiger partial charge in [0, 0.05) is 17.0 Å². The Morgan fingerprint density at radius 2 is 1.91 bits per heavy atom. The second-order valence-corrected chi connectivity index (χ2v) is 5.35. The molecule has 6 heteroatoms. The lowest BCUT2D eigenvalue weighted by molar-refractivity contribution is -0.117. The molecule has 0 bridgehead atoms. The van der Waals surface area contributed by atoms with Crippen molar-refractivity contribution in [2.45, 2.75) is 0 Å². The molecule has 0 spiro atoms. The summed E-state index contributed by atoms with van der Waals surface area (Å²) in [7, 11) is 0. The highest BCUT2D eigenvalue weighted by Gasteiger charge is 2.14. The van der Waals surface area contributed by atoms with Crippen molar-refractivity contribution < 1.29 is 14.7 Å². The highest BCUT2D eigenvalue weighted by Crippen LogP contribution is 2.13. The zero-order valence-corrected chi connectivity index (χ0v) is 12.6. The van der Waals surface area contributed by atoms with Gasteiger partial charge in [-0.2, -0.15) is 0 Å². The summed E-state index contributed by atoms with van der Waals surface area (Å²) in [4.78, 5) is 25.1. The predicted molar refractivity (Wildman–Crippen MR) is 86.3 cm³/mol. The molecular weight excluding hydrogens is 300 g/mol. The lowest BCUT2D eigenvalue weighted by Crippen LogP contribution is -2.36. The first-order chi connectivity index (χ1) is 10.7. The molecule has 0 radical (unpaired) electrons. The number of aliphatic hydroxyl groups excluding tert-OH is 1. The van der Waals surface area contributed by atoms with Crippen molar-refractivity contribution in [1.29, 1.82) is 0 Å². The number of benzene rings is 1. The van der Waals surface area contributed by atoms with Crippen LogP contribution in [-0.4, -0.2) is 30.1 Å². The van der Waals surface area contributed by atoms with E-state index in [9.17, 15) is 9.59 Å². The van der Waals surface area contributed by atoms with E-state index in [0.29, 0.717) is 5.56 Å². The average molecular weight is 316 g/mol. The second kappa shape index (κ2) is 8.11. The van der Waals surface area contributed by atoms with Crippen molar-refractivity contribution in [3.63, 3.8) is 0 Å². The zero-order chi connectivity index (χ0) is 15.8. The summed E-state index contributed by atoms with van der Waals surface area (Å²) in [6, 6.07) is 12.4. The van der Waals surface area contributed by atoms with E-state index in [1.807, 2.05) is 23.6 Å². The third-order valence-corrected chi connectivity index (χ3v) is 3.58. The number of nitrogens with one attached hydrogen (secondary N) is 2. The van der Waals surface area contributed by atoms with E-state index in [2.05, 4.69) is 10.6 Å². The van der Waals surface area contributed by atoms with Gasteiger partial charge in [0.05, 0.1) is 6.61 Å². The molecule has 114 valence electrons. The Labute approximate surface area is 132 Å². The molecular formula is C16H16N2O3S. The maximum atomic E-state index is 12.2. The van der Waals surface area contributed by atoms with Gasteiger partial charge in [-0.25, -0.2) is 0 Å². The average Bonchev–Trinajstić information content (AvgIpc) is 3.05. The van der Waals surface area contributed by atoms with E-state index in [1.54, 1.807) is 30.3 Å². The highest BCUT2D eigenvalue weighted by molar-refractivity contribution is 7.10. The molecule has 5 nitrogen and oxygen atoms in total. The molecule has 0 fully saturated rings. The van der Waals surface area contributed by atoms with Crippen LogP contribution in [0.4, 0.5) is 0 Å². The van der Waals surface area contributed by atoms with Crippen molar-refractivity contribution in [3.8, 4) is 0 Å². The minimum Gasteiger partial charge on any atom is -0.395 e. The summed E-state index contributed by atoms with van der Waals surface area (Å²) < 4.78 is 0. The van der Waals surface area contributed by atoms with Crippen molar-refractivity contribution in [2.24, 2.45) is 0 Å². The summed E-state index contributed by atoms with van der Waals surface area (Å²) in [6.45, 7) is -0.0352. The molecule has 1 aromatic carbocycles. The molecule has 2 amide bonds. The van der Waals surface area contributed by atoms with Crippen LogP contribution in [0.25, 0.3) is 6.08 Å². The maximum absolute atomic E-state index is 12.2. The van der Waals surface area contributed by atoms with Crippen molar-refractivity contribution >= 4 is 29.2 Å². The fraction of sp³-hybridized carbons (Fsp3) is 0.125. The summed E-state index contributed by atoms with van der Waals surface area (Å²) >= 11 is 1.46. The number of aliphatic hydroxyl groups is 1. The monoisotopic (exact) mass is 316 g/mol. The van der Waals surface area contributed by atoms with Gasteiger partial charge in [-0.05, 0) is 29.7 Å². The third-order valence-electron chi connectivity index (χ3n) is 2.76. The SMILES string of the molecule is O=C(NCCO)C(=Cc1cccs1)NC(=O)c1ccccc1. The third kappa shape index (κ3) is 4.54. The first-order valence-corrected chi connectivity index (χ1v) is 7.59. The van der Waals surface area contributed by atoms with Crippen LogP contribution in [0.2, 0.25) is 0 Å². The standard InChI is InChI=1S/C16H16N2O3S/c19-9-8-17-16(21)14(11-13-7-4-10-22-13)18-15(20)12-5-2-1-3-6-12/h1-7,10-11,19H,8-9H2,(H,17,21)(H,18,20). The summed E-state index contributed by atoms with van der Waals surface area (Å²) in [5, 5.41) is 15.8. The summed E-state index contributed by atoms with van der Waals surface area (Å²) in [6.07, 6.45) is 1.61. The van der Waals surface area contributed by atoms with E-state index in [-0.39, 0.29) is 24.8 Å². The van der Waals surface area contributed by atoms with E-state index in [4.69, 9.17) is 5.11 Å². The number of rotatable bonds is 6. The van der Waals surface area contributed by atoms with Crippen LogP contribution in [0.1, 0.15) is 15.2 Å². The molecule has 0 aliphatic rings. The molecule has 0 unspecified atom stereocenters. The molecule has 0 saturated heterocycles. The van der Waals surface area contributed by atoms with Crippen molar-refractivity contribution in [1.82, 2.24) is 10.6 Å². The van der Waals surface area contributed by atoms with Crippen LogP contribution < -0.4 is 10.6 Å². The molecule has 1 heterocycles. The van der Waals surface area contributed by atoms with E-state index in [0.717, 1.165) is 4.88 Å². The number of thiophene rings is 1. The number of hydrogen-bond acceptors (Lipinski definition) is 4. The van der Waals surface area contributed by atoms with E-state index >= 15 is 0 Å². The predicted octanol–water partition coefficient (Wildman–Crippen LogP) is 1.63. The number of hydrogen-bond donors (Lipinski definition) is 3. The molecule has 3 N–H and O–H groups in total. The fourth-order valence-electron chi connectivity index (χ4n) is 1.72. The van der Waals surface area contributed by atoms with Gasteiger partial charge in [0.25, 0.3) is 11.8 Å². The minimum absolute atomic E-state index is 0.127. The number of carbonyl (C=O) groups is 2. The van der Waals surface area contributed by atoms with Gasteiger partial charge in [-0.3, -0.25) is 9.59 Å². The first kappa shape index (κ1) is 15.9. The normalized spacial score (nSPS) is 11.0. The van der Waals surface area contributed by atoms with Crippen molar-refractivity contribution in [2.75, 3.05) is 13.2 Å². The van der Waals surface area contributed by atoms with E-state index in [1.165, 1.54) is 11.3 Å². The Bertz CT molecular complexity index is 651. The maximum Gasteiger partial charge on any atom is 0.267 e. The Kier molecular flexibility index (Phi) is 5.88. The fourth-order valence-corrected chi connectivity index (χ4v) is 2.38. The quantitative estimate of drug-likeness (QED) is 0.709. The molecule has 22 heavy (non-hydrogen) atoms. The molecule has 0 aliphatic carbocycles. The van der Waals surface area contributed by atoms with Crippen LogP contribution in [0, 0.1) is 0 Å². The van der Waals surface area contributed by atoms with Gasteiger partial charge in [-0.15, -0.1) is 11.3 Å². The lowest BCUT2D eigenvalue weighted by Gasteiger charge is -2.10. The molecule has 0 saturated carbocycles. The number of carbonyl (C=O) groups excluding carboxylic acids is 2. The van der Waals surface area contributed by atoms with Gasteiger partial charge in [0.15, 0.2) is 0 Å². The van der Waals surface area contributed by atoms with Crippen LogP contribution in [0.15, 0.2) is 53.5 Å². The Morgan fingerprint density at radius 1 is 1.14 bits per heavy atom. The van der Waals surface area contributed by atoms with Crippen LogP contribution in [0.5, 0.6) is 0 Å². The minimum atomic E-state index is -0.438. The lowest BCUT2D eigenvalue weighted by atomic mass is 10.2. The summed E-state index contributed by atoms with van der Waals surface area (Å²) in [5.41, 5.74) is 0.610. The van der Waals surface area contributed by atoms with Gasteiger partial charge >= 0.3 is 0 Å². The first-order valence-electron chi connectivity index (χ1n) is 6.71. The molecule has 2 aromatic rings.